The van der Waals surface area contributed by atoms with Gasteiger partial charge in [0.2, 0.25) is 5.91 Å². The minimum Gasteiger partial charge on any atom is -0.325 e. The maximum Gasteiger partial charge on any atom is 0.238 e. The van der Waals surface area contributed by atoms with Gasteiger partial charge in [0, 0.05) is 22.7 Å². The van der Waals surface area contributed by atoms with Crippen LogP contribution in [0.3, 0.4) is 0 Å². The van der Waals surface area contributed by atoms with Crippen molar-refractivity contribution >= 4 is 22.9 Å². The van der Waals surface area contributed by atoms with Gasteiger partial charge in [-0.1, -0.05) is 42.5 Å². The van der Waals surface area contributed by atoms with E-state index in [1.165, 1.54) is 5.56 Å². The van der Waals surface area contributed by atoms with E-state index in [4.69, 9.17) is 0 Å². The van der Waals surface area contributed by atoms with Crippen LogP contribution >= 0.6 is 11.3 Å². The lowest BCUT2D eigenvalue weighted by Crippen LogP contribution is -2.32. The second kappa shape index (κ2) is 8.03. The first-order valence-electron chi connectivity index (χ1n) is 9.30. The molecule has 27 heavy (non-hydrogen) atoms. The Hall–Kier alpha value is -2.50. The van der Waals surface area contributed by atoms with Crippen molar-refractivity contribution in [2.45, 2.75) is 25.8 Å². The normalized spacial score (nSPS) is 17.1. The Morgan fingerprint density at radius 2 is 2.07 bits per heavy atom. The van der Waals surface area contributed by atoms with Crippen molar-refractivity contribution in [3.63, 3.8) is 0 Å². The number of carbonyl (C=O) groups is 1. The predicted octanol–water partition coefficient (Wildman–Crippen LogP) is 4.89. The summed E-state index contributed by atoms with van der Waals surface area (Å²) in [6.07, 6.45) is 2.24. The summed E-state index contributed by atoms with van der Waals surface area (Å²) in [7, 11) is 0. The van der Waals surface area contributed by atoms with E-state index in [0.717, 1.165) is 41.3 Å². The first-order chi connectivity index (χ1) is 13.2. The lowest BCUT2D eigenvalue weighted by Gasteiger charge is -2.24. The van der Waals surface area contributed by atoms with E-state index in [0.29, 0.717) is 12.6 Å². The Labute approximate surface area is 163 Å². The van der Waals surface area contributed by atoms with E-state index >= 15 is 0 Å². The average Bonchev–Trinajstić information content (AvgIpc) is 3.31. The highest BCUT2D eigenvalue weighted by Crippen LogP contribution is 2.31. The number of aryl methyl sites for hydroxylation is 1. The van der Waals surface area contributed by atoms with E-state index < -0.39 is 0 Å². The summed E-state index contributed by atoms with van der Waals surface area (Å²) in [6.45, 7) is 3.38. The minimum absolute atomic E-state index is 0.0319. The molecule has 2 heterocycles. The van der Waals surface area contributed by atoms with Gasteiger partial charge < -0.3 is 5.32 Å². The van der Waals surface area contributed by atoms with E-state index in [1.54, 1.807) is 11.3 Å². The van der Waals surface area contributed by atoms with Gasteiger partial charge in [0.1, 0.15) is 0 Å². The van der Waals surface area contributed by atoms with Crippen molar-refractivity contribution in [3.05, 3.63) is 70.5 Å². The molecule has 1 fully saturated rings. The number of nitrogens with one attached hydrogen (secondary N) is 1. The molecule has 3 aromatic rings. The molecule has 1 aliphatic heterocycles. The zero-order chi connectivity index (χ0) is 18.6. The Morgan fingerprint density at radius 3 is 2.85 bits per heavy atom. The number of rotatable bonds is 5. The van der Waals surface area contributed by atoms with Crippen LogP contribution < -0.4 is 5.32 Å². The first kappa shape index (κ1) is 17.9. The molecule has 1 aromatic heterocycles. The first-order valence-corrected chi connectivity index (χ1v) is 10.2. The molecule has 1 atom stereocenters. The number of likely N-dealkylation sites (tertiary alicyclic amines) is 1. The molecular weight excluding hydrogens is 354 g/mol. The zero-order valence-corrected chi connectivity index (χ0v) is 16.2. The van der Waals surface area contributed by atoms with Crippen LogP contribution in [-0.4, -0.2) is 28.9 Å². The van der Waals surface area contributed by atoms with Gasteiger partial charge in [-0.2, -0.15) is 0 Å². The Bertz CT molecular complexity index is 922. The van der Waals surface area contributed by atoms with E-state index in [9.17, 15) is 4.79 Å². The zero-order valence-electron chi connectivity index (χ0n) is 15.4. The monoisotopic (exact) mass is 377 g/mol. The van der Waals surface area contributed by atoms with Gasteiger partial charge in [-0.15, -0.1) is 11.3 Å². The molecule has 5 heteroatoms. The third-order valence-corrected chi connectivity index (χ3v) is 5.73. The summed E-state index contributed by atoms with van der Waals surface area (Å²) in [5, 5.41) is 6.14. The van der Waals surface area contributed by atoms with Crippen LogP contribution in [0.15, 0.2) is 60.0 Å². The second-order valence-corrected chi connectivity index (χ2v) is 7.98. The van der Waals surface area contributed by atoms with E-state index in [1.807, 2.05) is 42.6 Å². The van der Waals surface area contributed by atoms with Gasteiger partial charge >= 0.3 is 0 Å². The van der Waals surface area contributed by atoms with Gasteiger partial charge in [0.15, 0.2) is 0 Å². The van der Waals surface area contributed by atoms with Crippen molar-refractivity contribution < 1.29 is 4.79 Å². The molecule has 4 rings (SSSR count). The number of hydrogen-bond donors (Lipinski definition) is 1. The topological polar surface area (TPSA) is 45.2 Å². The molecule has 1 saturated heterocycles. The average molecular weight is 378 g/mol. The molecule has 0 spiro atoms. The summed E-state index contributed by atoms with van der Waals surface area (Å²) in [6, 6.07) is 18.7. The largest absolute Gasteiger partial charge is 0.325 e. The summed E-state index contributed by atoms with van der Waals surface area (Å²) in [5.74, 6) is 0.0319. The number of anilines is 1. The van der Waals surface area contributed by atoms with E-state index in [-0.39, 0.29) is 5.91 Å². The molecule has 4 nitrogen and oxygen atoms in total. The van der Waals surface area contributed by atoms with E-state index in [2.05, 4.69) is 39.5 Å². The molecular formula is C22H23N3OS. The molecule has 0 aliphatic carbocycles. The minimum atomic E-state index is 0.0319. The number of carbonyl (C=O) groups excluding carboxylic acids is 1. The molecule has 0 bridgehead atoms. The Kier molecular flexibility index (Phi) is 5.32. The number of nitrogens with zero attached hydrogens (tertiary/aromatic N) is 2. The standard InChI is InChI=1S/C22H23N3OS/c1-16-23-20(15-27-16)18-9-5-10-19(13-18)24-22(26)14-25-12-6-11-21(25)17-7-3-2-4-8-17/h2-5,7-10,13,15,21H,6,11-12,14H2,1H3,(H,24,26)/t21-/m0/s1. The molecule has 1 amide bonds. The number of aromatic nitrogens is 1. The van der Waals surface area contributed by atoms with Crippen LogP contribution in [0.5, 0.6) is 0 Å². The number of thiazole rings is 1. The Morgan fingerprint density at radius 1 is 1.22 bits per heavy atom. The fourth-order valence-corrected chi connectivity index (χ4v) is 4.33. The van der Waals surface area contributed by atoms with Gasteiger partial charge in [-0.3, -0.25) is 9.69 Å². The molecule has 0 saturated carbocycles. The van der Waals surface area contributed by atoms with Crippen LogP contribution in [-0.2, 0) is 4.79 Å². The third-order valence-electron chi connectivity index (χ3n) is 4.96. The Balaban J connectivity index is 1.42. The SMILES string of the molecule is Cc1nc(-c2cccc(NC(=O)CN3CCC[C@H]3c3ccccc3)c2)cs1. The predicted molar refractivity (Wildman–Crippen MR) is 111 cm³/mol. The molecule has 0 unspecified atom stereocenters. The maximum absolute atomic E-state index is 12.6. The lowest BCUT2D eigenvalue weighted by atomic mass is 10.0. The van der Waals surface area contributed by atoms with Crippen molar-refractivity contribution in [2.24, 2.45) is 0 Å². The number of amides is 1. The van der Waals surface area contributed by atoms with Crippen LogP contribution in [0.1, 0.15) is 29.5 Å². The molecule has 0 radical (unpaired) electrons. The van der Waals surface area contributed by atoms with Crippen molar-refractivity contribution in [3.8, 4) is 11.3 Å². The van der Waals surface area contributed by atoms with Gasteiger partial charge in [0.05, 0.1) is 17.2 Å². The summed E-state index contributed by atoms with van der Waals surface area (Å²) in [4.78, 5) is 19.4. The highest BCUT2D eigenvalue weighted by molar-refractivity contribution is 7.09. The molecule has 2 aromatic carbocycles. The van der Waals surface area contributed by atoms with Crippen LogP contribution in [0, 0.1) is 6.92 Å². The fourth-order valence-electron chi connectivity index (χ4n) is 3.71. The second-order valence-electron chi connectivity index (χ2n) is 6.92. The van der Waals surface area contributed by atoms with Crippen LogP contribution in [0.4, 0.5) is 5.69 Å². The highest BCUT2D eigenvalue weighted by atomic mass is 32.1. The fraction of sp³-hybridized carbons (Fsp3) is 0.273. The molecule has 1 aliphatic rings. The van der Waals surface area contributed by atoms with Gasteiger partial charge in [-0.25, -0.2) is 4.98 Å². The van der Waals surface area contributed by atoms with Gasteiger partial charge in [0.25, 0.3) is 0 Å². The van der Waals surface area contributed by atoms with Crippen LogP contribution in [0.2, 0.25) is 0 Å². The van der Waals surface area contributed by atoms with Crippen LogP contribution in [0.25, 0.3) is 11.3 Å². The summed E-state index contributed by atoms with van der Waals surface area (Å²) >= 11 is 1.63. The highest BCUT2D eigenvalue weighted by Gasteiger charge is 2.27. The van der Waals surface area contributed by atoms with Crippen molar-refractivity contribution in [1.29, 1.82) is 0 Å². The number of benzene rings is 2. The maximum atomic E-state index is 12.6. The molecule has 1 N–H and O–H groups in total. The smallest absolute Gasteiger partial charge is 0.238 e. The lowest BCUT2D eigenvalue weighted by molar-refractivity contribution is -0.117. The number of hydrogen-bond acceptors (Lipinski definition) is 4. The molecule has 138 valence electrons. The summed E-state index contributed by atoms with van der Waals surface area (Å²) in [5.41, 5.74) is 4.10. The van der Waals surface area contributed by atoms with Gasteiger partial charge in [-0.05, 0) is 44.0 Å². The summed E-state index contributed by atoms with van der Waals surface area (Å²) < 4.78 is 0. The quantitative estimate of drug-likeness (QED) is 0.688. The van der Waals surface area contributed by atoms with Crippen molar-refractivity contribution in [1.82, 2.24) is 9.88 Å². The van der Waals surface area contributed by atoms with Crippen molar-refractivity contribution in [2.75, 3.05) is 18.4 Å². The third kappa shape index (κ3) is 4.26.